The van der Waals surface area contributed by atoms with Gasteiger partial charge in [0.25, 0.3) is 11.6 Å². The number of non-ortho nitro benzene ring substituents is 1. The van der Waals surface area contributed by atoms with Gasteiger partial charge in [-0.05, 0) is 60.5 Å². The molecule has 13 heteroatoms. The highest BCUT2D eigenvalue weighted by Gasteiger charge is 2.20. The lowest BCUT2D eigenvalue weighted by Gasteiger charge is -2.12. The lowest BCUT2D eigenvalue weighted by atomic mass is 10.1. The number of benzene rings is 3. The molecule has 3 aromatic rings. The SMILES string of the molecule is COc1ccc(/C=C(\C#N)C(=O)Nc2cc([N+](=O)[O-])ccc2C)cc1OS(=O)(=O)c1ccc(NC(C)=O)cc1. The van der Waals surface area contributed by atoms with Gasteiger partial charge in [-0.15, -0.1) is 0 Å². The molecule has 200 valence electrons. The van der Waals surface area contributed by atoms with Crippen LogP contribution in [0, 0.1) is 28.4 Å². The minimum atomic E-state index is -4.33. The number of hydrogen-bond donors (Lipinski definition) is 2. The standard InChI is InChI=1S/C26H22N4O8S/c1-16-4-8-21(30(33)34)14-23(16)29-26(32)19(15-27)12-18-5-11-24(37-3)25(13-18)38-39(35,36)22-9-6-20(7-10-22)28-17(2)31/h4-14H,1-3H3,(H,28,31)(H,29,32)/b19-12+. The molecule has 0 aliphatic rings. The predicted molar refractivity (Wildman–Crippen MR) is 142 cm³/mol. The fraction of sp³-hybridized carbons (Fsp3) is 0.115. The number of carbonyl (C=O) groups excluding carboxylic acids is 2. The van der Waals surface area contributed by atoms with Gasteiger partial charge in [-0.25, -0.2) is 0 Å². The van der Waals surface area contributed by atoms with Crippen LogP contribution in [0.5, 0.6) is 11.5 Å². The summed E-state index contributed by atoms with van der Waals surface area (Å²) in [4.78, 5) is 34.2. The van der Waals surface area contributed by atoms with E-state index in [9.17, 15) is 33.4 Å². The third-order valence-corrected chi connectivity index (χ3v) is 6.46. The highest BCUT2D eigenvalue weighted by atomic mass is 32.2. The number of nitriles is 1. The molecule has 0 fully saturated rings. The summed E-state index contributed by atoms with van der Waals surface area (Å²) in [5.41, 5.74) is 0.749. The zero-order valence-electron chi connectivity index (χ0n) is 20.9. The molecule has 3 rings (SSSR count). The van der Waals surface area contributed by atoms with Gasteiger partial charge in [0.05, 0.1) is 17.7 Å². The summed E-state index contributed by atoms with van der Waals surface area (Å²) >= 11 is 0. The molecule has 0 atom stereocenters. The molecule has 2 amide bonds. The van der Waals surface area contributed by atoms with E-state index >= 15 is 0 Å². The molecule has 0 aromatic heterocycles. The molecule has 0 saturated carbocycles. The van der Waals surface area contributed by atoms with E-state index in [0.717, 1.165) is 0 Å². The Morgan fingerprint density at radius 2 is 1.72 bits per heavy atom. The maximum absolute atomic E-state index is 12.9. The summed E-state index contributed by atoms with van der Waals surface area (Å²) in [6.45, 7) is 2.95. The van der Waals surface area contributed by atoms with Crippen molar-refractivity contribution < 1.29 is 31.9 Å². The van der Waals surface area contributed by atoms with Gasteiger partial charge in [0.2, 0.25) is 5.91 Å². The normalized spacial score (nSPS) is 11.2. The van der Waals surface area contributed by atoms with Gasteiger partial charge in [0.15, 0.2) is 11.5 Å². The number of nitro benzene ring substituents is 1. The van der Waals surface area contributed by atoms with Crippen molar-refractivity contribution in [3.05, 3.63) is 87.5 Å². The van der Waals surface area contributed by atoms with Gasteiger partial charge in [-0.1, -0.05) is 12.1 Å². The van der Waals surface area contributed by atoms with Gasteiger partial charge in [0.1, 0.15) is 16.5 Å². The molecule has 0 aliphatic carbocycles. The minimum Gasteiger partial charge on any atom is -0.493 e. The molecule has 0 heterocycles. The fourth-order valence-corrected chi connectivity index (χ4v) is 4.22. The summed E-state index contributed by atoms with van der Waals surface area (Å²) < 4.78 is 36.2. The Labute approximate surface area is 223 Å². The van der Waals surface area contributed by atoms with Crippen molar-refractivity contribution in [1.82, 2.24) is 0 Å². The lowest BCUT2D eigenvalue weighted by Crippen LogP contribution is -2.14. The number of rotatable bonds is 9. The molecule has 0 spiro atoms. The van der Waals surface area contributed by atoms with E-state index in [-0.39, 0.29) is 44.8 Å². The van der Waals surface area contributed by atoms with Gasteiger partial charge in [-0.3, -0.25) is 19.7 Å². The number of anilines is 2. The van der Waals surface area contributed by atoms with E-state index < -0.39 is 20.9 Å². The van der Waals surface area contributed by atoms with Crippen molar-refractivity contribution in [1.29, 1.82) is 5.26 Å². The number of nitro groups is 1. The Bertz CT molecular complexity index is 1620. The van der Waals surface area contributed by atoms with E-state index in [4.69, 9.17) is 8.92 Å². The van der Waals surface area contributed by atoms with E-state index in [0.29, 0.717) is 11.3 Å². The second-order valence-corrected chi connectivity index (χ2v) is 9.58. The first-order valence-electron chi connectivity index (χ1n) is 11.1. The van der Waals surface area contributed by atoms with E-state index in [1.807, 2.05) is 0 Å². The molecule has 39 heavy (non-hydrogen) atoms. The minimum absolute atomic E-state index is 0.0702. The molecular weight excluding hydrogens is 528 g/mol. The van der Waals surface area contributed by atoms with Crippen LogP contribution in [0.15, 0.2) is 71.1 Å². The van der Waals surface area contributed by atoms with Crippen molar-refractivity contribution in [2.24, 2.45) is 0 Å². The Balaban J connectivity index is 1.89. The number of aryl methyl sites for hydroxylation is 1. The smallest absolute Gasteiger partial charge is 0.339 e. The van der Waals surface area contributed by atoms with Crippen LogP contribution in [0.25, 0.3) is 6.08 Å². The van der Waals surface area contributed by atoms with Gasteiger partial charge in [-0.2, -0.15) is 13.7 Å². The molecular formula is C26H22N4O8S. The average Bonchev–Trinajstić information content (AvgIpc) is 2.88. The first kappa shape index (κ1) is 28.4. The Kier molecular flexibility index (Phi) is 8.64. The number of amides is 2. The molecule has 0 unspecified atom stereocenters. The van der Waals surface area contributed by atoms with Gasteiger partial charge >= 0.3 is 10.1 Å². The second kappa shape index (κ2) is 11.9. The third kappa shape index (κ3) is 7.18. The van der Waals surface area contributed by atoms with Crippen LogP contribution >= 0.6 is 0 Å². The monoisotopic (exact) mass is 550 g/mol. The predicted octanol–water partition coefficient (Wildman–Crippen LogP) is 4.18. The molecule has 12 nitrogen and oxygen atoms in total. The Morgan fingerprint density at radius 1 is 1.03 bits per heavy atom. The summed E-state index contributed by atoms with van der Waals surface area (Å²) in [6, 6.07) is 15.1. The molecule has 0 bridgehead atoms. The second-order valence-electron chi connectivity index (χ2n) is 8.03. The van der Waals surface area contributed by atoms with Gasteiger partial charge < -0.3 is 19.6 Å². The Hall–Kier alpha value is -5.22. The average molecular weight is 551 g/mol. The lowest BCUT2D eigenvalue weighted by molar-refractivity contribution is -0.384. The number of hydrogen-bond acceptors (Lipinski definition) is 9. The number of ether oxygens (including phenoxy) is 1. The topological polar surface area (TPSA) is 178 Å². The van der Waals surface area contributed by atoms with Crippen molar-refractivity contribution in [3.63, 3.8) is 0 Å². The fourth-order valence-electron chi connectivity index (χ4n) is 3.29. The molecule has 0 aliphatic heterocycles. The van der Waals surface area contributed by atoms with Crippen molar-refractivity contribution >= 4 is 45.1 Å². The van der Waals surface area contributed by atoms with Crippen LogP contribution < -0.4 is 19.6 Å². The van der Waals surface area contributed by atoms with E-state index in [2.05, 4.69) is 10.6 Å². The van der Waals surface area contributed by atoms with E-state index in [1.165, 1.54) is 80.8 Å². The summed E-state index contributed by atoms with van der Waals surface area (Å²) in [6.07, 6.45) is 1.20. The zero-order valence-corrected chi connectivity index (χ0v) is 21.7. The van der Waals surface area contributed by atoms with Gasteiger partial charge in [0, 0.05) is 24.7 Å². The van der Waals surface area contributed by atoms with Crippen molar-refractivity contribution in [2.45, 2.75) is 18.7 Å². The van der Waals surface area contributed by atoms with Crippen LogP contribution in [0.2, 0.25) is 0 Å². The summed E-state index contributed by atoms with van der Waals surface area (Å²) in [7, 11) is -3.02. The highest BCUT2D eigenvalue weighted by Crippen LogP contribution is 2.32. The zero-order chi connectivity index (χ0) is 28.7. The van der Waals surface area contributed by atoms with Crippen LogP contribution in [0.1, 0.15) is 18.1 Å². The van der Waals surface area contributed by atoms with Crippen molar-refractivity contribution in [2.75, 3.05) is 17.7 Å². The number of nitrogens with zero attached hydrogens (tertiary/aromatic N) is 2. The van der Waals surface area contributed by atoms with Crippen LogP contribution in [0.3, 0.4) is 0 Å². The third-order valence-electron chi connectivity index (χ3n) is 5.21. The summed E-state index contributed by atoms with van der Waals surface area (Å²) in [5, 5.41) is 25.6. The largest absolute Gasteiger partial charge is 0.493 e. The molecule has 3 aromatic carbocycles. The van der Waals surface area contributed by atoms with Crippen LogP contribution in [-0.2, 0) is 19.7 Å². The number of methoxy groups -OCH3 is 1. The Morgan fingerprint density at radius 3 is 2.31 bits per heavy atom. The van der Waals surface area contributed by atoms with Crippen molar-refractivity contribution in [3.8, 4) is 17.6 Å². The van der Waals surface area contributed by atoms with Crippen LogP contribution in [-0.4, -0.2) is 32.3 Å². The van der Waals surface area contributed by atoms with E-state index in [1.54, 1.807) is 13.0 Å². The maximum Gasteiger partial charge on any atom is 0.339 e. The number of nitrogens with one attached hydrogen (secondary N) is 2. The summed E-state index contributed by atoms with van der Waals surface area (Å²) in [5.74, 6) is -1.28. The maximum atomic E-state index is 12.9. The molecule has 2 N–H and O–H groups in total. The number of carbonyl (C=O) groups is 2. The first-order valence-corrected chi connectivity index (χ1v) is 12.5. The first-order chi connectivity index (χ1) is 18.4. The highest BCUT2D eigenvalue weighted by molar-refractivity contribution is 7.87. The molecule has 0 saturated heterocycles. The quantitative estimate of drug-likeness (QED) is 0.130. The van der Waals surface area contributed by atoms with Crippen LogP contribution in [0.4, 0.5) is 17.1 Å². The molecule has 0 radical (unpaired) electrons.